The number of halogens is 2. The first-order valence-corrected chi connectivity index (χ1v) is 6.52. The third-order valence-corrected chi connectivity index (χ3v) is 3.93. The molecule has 1 aliphatic carbocycles. The zero-order valence-corrected chi connectivity index (χ0v) is 11.1. The van der Waals surface area contributed by atoms with Gasteiger partial charge in [-0.05, 0) is 36.4 Å². The Hall–Kier alpha value is -0.240. The topological polar surface area (TPSA) is 12.0 Å². The minimum atomic E-state index is 0.552. The van der Waals surface area contributed by atoms with E-state index in [4.69, 9.17) is 23.2 Å². The fourth-order valence-corrected chi connectivity index (χ4v) is 2.50. The summed E-state index contributed by atoms with van der Waals surface area (Å²) in [4.78, 5) is 0. The summed E-state index contributed by atoms with van der Waals surface area (Å²) in [6, 6.07) is 6.47. The summed E-state index contributed by atoms with van der Waals surface area (Å²) in [5.41, 5.74) is 1.21. The summed E-state index contributed by atoms with van der Waals surface area (Å²) in [5, 5.41) is 4.87. The molecule has 2 unspecified atom stereocenters. The van der Waals surface area contributed by atoms with Gasteiger partial charge in [-0.3, -0.25) is 0 Å². The van der Waals surface area contributed by atoms with Gasteiger partial charge >= 0.3 is 0 Å². The van der Waals surface area contributed by atoms with Crippen molar-refractivity contribution in [2.75, 3.05) is 6.54 Å². The smallest absolute Gasteiger partial charge is 0.0627 e. The van der Waals surface area contributed by atoms with Gasteiger partial charge in [-0.1, -0.05) is 49.2 Å². The maximum Gasteiger partial charge on any atom is 0.0627 e. The summed E-state index contributed by atoms with van der Waals surface area (Å²) in [6.45, 7) is 5.42. The van der Waals surface area contributed by atoms with E-state index in [2.05, 4.69) is 25.2 Å². The van der Waals surface area contributed by atoms with Gasteiger partial charge in [0.15, 0.2) is 0 Å². The predicted octanol–water partition coefficient (Wildman–Crippen LogP) is 4.09. The zero-order valence-electron chi connectivity index (χ0n) is 9.63. The first-order chi connectivity index (χ1) is 7.59. The average Bonchev–Trinajstić information content (AvgIpc) is 2.98. The number of rotatable bonds is 4. The van der Waals surface area contributed by atoms with E-state index in [1.807, 2.05) is 12.1 Å². The quantitative estimate of drug-likeness (QED) is 0.857. The van der Waals surface area contributed by atoms with Crippen molar-refractivity contribution in [3.05, 3.63) is 33.8 Å². The molecule has 1 aromatic rings. The lowest BCUT2D eigenvalue weighted by atomic mass is 10.1. The Balaban J connectivity index is 1.98. The van der Waals surface area contributed by atoms with E-state index in [1.165, 1.54) is 12.0 Å². The minimum absolute atomic E-state index is 0.552. The Labute approximate surface area is 107 Å². The van der Waals surface area contributed by atoms with Crippen molar-refractivity contribution in [1.82, 2.24) is 5.32 Å². The molecule has 16 heavy (non-hydrogen) atoms. The van der Waals surface area contributed by atoms with Crippen LogP contribution in [0.5, 0.6) is 0 Å². The van der Waals surface area contributed by atoms with Gasteiger partial charge in [-0.15, -0.1) is 0 Å². The van der Waals surface area contributed by atoms with Crippen LogP contribution in [0.3, 0.4) is 0 Å². The molecule has 1 aliphatic rings. The van der Waals surface area contributed by atoms with Crippen molar-refractivity contribution >= 4 is 23.2 Å². The van der Waals surface area contributed by atoms with Gasteiger partial charge in [-0.25, -0.2) is 0 Å². The molecule has 0 radical (unpaired) electrons. The van der Waals surface area contributed by atoms with Crippen LogP contribution in [0.15, 0.2) is 18.2 Å². The summed E-state index contributed by atoms with van der Waals surface area (Å²) in [6.07, 6.45) is 1.22. The molecule has 0 bridgehead atoms. The molecule has 1 nitrogen and oxygen atoms in total. The van der Waals surface area contributed by atoms with Gasteiger partial charge in [0.05, 0.1) is 10.0 Å². The van der Waals surface area contributed by atoms with Crippen LogP contribution in [0.25, 0.3) is 0 Å². The van der Waals surface area contributed by atoms with E-state index in [0.29, 0.717) is 17.0 Å². The Morgan fingerprint density at radius 2 is 2.12 bits per heavy atom. The SMILES string of the molecule is CC(C)NCC1CC1c1cccc(Cl)c1Cl. The lowest BCUT2D eigenvalue weighted by molar-refractivity contribution is 0.554. The highest BCUT2D eigenvalue weighted by Crippen LogP contribution is 2.50. The number of benzene rings is 1. The monoisotopic (exact) mass is 257 g/mol. The second-order valence-corrected chi connectivity index (χ2v) is 5.59. The molecule has 3 heteroatoms. The molecule has 1 N–H and O–H groups in total. The Bertz CT molecular complexity index is 376. The highest BCUT2D eigenvalue weighted by Gasteiger charge is 2.39. The third kappa shape index (κ3) is 2.71. The molecule has 2 atom stereocenters. The number of hydrogen-bond acceptors (Lipinski definition) is 1. The van der Waals surface area contributed by atoms with Crippen LogP contribution in [-0.4, -0.2) is 12.6 Å². The zero-order chi connectivity index (χ0) is 11.7. The highest BCUT2D eigenvalue weighted by atomic mass is 35.5. The van der Waals surface area contributed by atoms with E-state index in [-0.39, 0.29) is 0 Å². The predicted molar refractivity (Wildman–Crippen MR) is 70.4 cm³/mol. The number of nitrogens with one attached hydrogen (secondary N) is 1. The minimum Gasteiger partial charge on any atom is -0.314 e. The molecule has 0 heterocycles. The van der Waals surface area contributed by atoms with Crippen molar-refractivity contribution in [2.24, 2.45) is 5.92 Å². The maximum atomic E-state index is 6.20. The van der Waals surface area contributed by atoms with E-state index in [1.54, 1.807) is 0 Å². The van der Waals surface area contributed by atoms with Crippen LogP contribution >= 0.6 is 23.2 Å². The normalized spacial score (nSPS) is 23.8. The standard InChI is InChI=1S/C13H17Cl2N/c1-8(2)16-7-9-6-11(9)10-4-3-5-12(14)13(10)15/h3-5,8-9,11,16H,6-7H2,1-2H3. The third-order valence-electron chi connectivity index (χ3n) is 3.09. The van der Waals surface area contributed by atoms with Crippen LogP contribution in [0.2, 0.25) is 10.0 Å². The summed E-state index contributed by atoms with van der Waals surface area (Å²) in [5.74, 6) is 1.32. The van der Waals surface area contributed by atoms with Gasteiger partial charge in [0, 0.05) is 6.04 Å². The van der Waals surface area contributed by atoms with Gasteiger partial charge < -0.3 is 5.32 Å². The summed E-state index contributed by atoms with van der Waals surface area (Å²) >= 11 is 12.2. The van der Waals surface area contributed by atoms with Crippen molar-refractivity contribution in [2.45, 2.75) is 32.2 Å². The van der Waals surface area contributed by atoms with E-state index in [9.17, 15) is 0 Å². The van der Waals surface area contributed by atoms with Crippen LogP contribution in [0, 0.1) is 5.92 Å². The van der Waals surface area contributed by atoms with E-state index < -0.39 is 0 Å². The molecule has 0 saturated heterocycles. The Kier molecular flexibility index (Phi) is 3.78. The maximum absolute atomic E-state index is 6.20. The summed E-state index contributed by atoms with van der Waals surface area (Å²) < 4.78 is 0. The lowest BCUT2D eigenvalue weighted by Gasteiger charge is -2.08. The molecule has 2 rings (SSSR count). The lowest BCUT2D eigenvalue weighted by Crippen LogP contribution is -2.25. The average molecular weight is 258 g/mol. The molecule has 1 fully saturated rings. The Morgan fingerprint density at radius 3 is 2.81 bits per heavy atom. The molecule has 1 aromatic carbocycles. The van der Waals surface area contributed by atoms with E-state index in [0.717, 1.165) is 17.5 Å². The van der Waals surface area contributed by atoms with Gasteiger partial charge in [0.1, 0.15) is 0 Å². The highest BCUT2D eigenvalue weighted by molar-refractivity contribution is 6.42. The van der Waals surface area contributed by atoms with Crippen LogP contribution in [0.4, 0.5) is 0 Å². The number of hydrogen-bond donors (Lipinski definition) is 1. The van der Waals surface area contributed by atoms with Crippen LogP contribution < -0.4 is 5.32 Å². The van der Waals surface area contributed by atoms with Crippen molar-refractivity contribution < 1.29 is 0 Å². The van der Waals surface area contributed by atoms with Crippen LogP contribution in [0.1, 0.15) is 31.7 Å². The second-order valence-electron chi connectivity index (χ2n) is 4.81. The molecule has 0 spiro atoms. The first-order valence-electron chi connectivity index (χ1n) is 5.77. The van der Waals surface area contributed by atoms with Gasteiger partial charge in [0.25, 0.3) is 0 Å². The van der Waals surface area contributed by atoms with Crippen molar-refractivity contribution in [1.29, 1.82) is 0 Å². The van der Waals surface area contributed by atoms with Crippen LogP contribution in [-0.2, 0) is 0 Å². The molecular weight excluding hydrogens is 241 g/mol. The van der Waals surface area contributed by atoms with Crippen molar-refractivity contribution in [3.63, 3.8) is 0 Å². The van der Waals surface area contributed by atoms with Crippen molar-refractivity contribution in [3.8, 4) is 0 Å². The molecule has 0 aromatic heterocycles. The first kappa shape index (κ1) is 12.2. The second kappa shape index (κ2) is 4.95. The largest absolute Gasteiger partial charge is 0.314 e. The molecule has 88 valence electrons. The summed E-state index contributed by atoms with van der Waals surface area (Å²) in [7, 11) is 0. The molecule has 0 amide bonds. The fraction of sp³-hybridized carbons (Fsp3) is 0.538. The molecule has 1 saturated carbocycles. The van der Waals surface area contributed by atoms with Gasteiger partial charge in [-0.2, -0.15) is 0 Å². The van der Waals surface area contributed by atoms with E-state index >= 15 is 0 Å². The molecule has 0 aliphatic heterocycles. The Morgan fingerprint density at radius 1 is 1.38 bits per heavy atom. The van der Waals surface area contributed by atoms with Gasteiger partial charge in [0.2, 0.25) is 0 Å². The molecular formula is C13H17Cl2N. The fourth-order valence-electron chi connectivity index (χ4n) is 2.05.